The minimum absolute atomic E-state index is 0.153. The Kier molecular flexibility index (Phi) is 5.96. The summed E-state index contributed by atoms with van der Waals surface area (Å²) in [5.41, 5.74) is 0. The van der Waals surface area contributed by atoms with Crippen molar-refractivity contribution in [3.8, 4) is 11.5 Å². The molecule has 0 aliphatic rings. The van der Waals surface area contributed by atoms with Crippen LogP contribution < -0.4 is 30.1 Å². The van der Waals surface area contributed by atoms with Gasteiger partial charge in [-0.05, 0) is 0 Å². The van der Waals surface area contributed by atoms with Crippen molar-refractivity contribution in [2.24, 2.45) is 0 Å². The first kappa shape index (κ1) is 18.5. The SMILES string of the molecule is C[Si](C)(C)Oc1ccc([I-]c2ccc(O[Si](C)(C)C)cc2)cc1. The van der Waals surface area contributed by atoms with Crippen molar-refractivity contribution in [1.29, 1.82) is 0 Å². The van der Waals surface area contributed by atoms with Gasteiger partial charge in [0.1, 0.15) is 0 Å². The van der Waals surface area contributed by atoms with Gasteiger partial charge < -0.3 is 0 Å². The van der Waals surface area contributed by atoms with Crippen LogP contribution in [0, 0.1) is 7.14 Å². The minimum atomic E-state index is -1.52. The van der Waals surface area contributed by atoms with Gasteiger partial charge >= 0.3 is 153 Å². The van der Waals surface area contributed by atoms with Crippen molar-refractivity contribution >= 4 is 16.6 Å². The van der Waals surface area contributed by atoms with E-state index in [4.69, 9.17) is 8.85 Å². The summed E-state index contributed by atoms with van der Waals surface area (Å²) in [7, 11) is -3.03. The van der Waals surface area contributed by atoms with Gasteiger partial charge in [-0.1, -0.05) is 0 Å². The topological polar surface area (TPSA) is 18.5 Å². The summed E-state index contributed by atoms with van der Waals surface area (Å²) < 4.78 is 14.8. The monoisotopic (exact) mass is 457 g/mol. The van der Waals surface area contributed by atoms with Gasteiger partial charge in [-0.2, -0.15) is 0 Å². The molecule has 5 heteroatoms. The molecule has 23 heavy (non-hydrogen) atoms. The molecule has 0 atom stereocenters. The van der Waals surface area contributed by atoms with Crippen LogP contribution in [0.15, 0.2) is 48.5 Å². The van der Waals surface area contributed by atoms with Gasteiger partial charge in [0.05, 0.1) is 0 Å². The summed E-state index contributed by atoms with van der Waals surface area (Å²) >= 11 is -0.153. The van der Waals surface area contributed by atoms with Crippen LogP contribution in [0.2, 0.25) is 39.3 Å². The van der Waals surface area contributed by atoms with Gasteiger partial charge in [0.2, 0.25) is 0 Å². The van der Waals surface area contributed by atoms with Crippen LogP contribution in [0.5, 0.6) is 11.5 Å². The summed E-state index contributed by atoms with van der Waals surface area (Å²) in [5.74, 6) is 1.99. The quantitative estimate of drug-likeness (QED) is 0.490. The summed E-state index contributed by atoms with van der Waals surface area (Å²) in [5, 5.41) is 0. The fourth-order valence-corrected chi connectivity index (χ4v) is 5.81. The fourth-order valence-electron chi connectivity index (χ4n) is 1.96. The molecule has 0 saturated heterocycles. The van der Waals surface area contributed by atoms with E-state index in [2.05, 4.69) is 87.8 Å². The standard InChI is InChI=1S/C18H26IO2Si2/c1-22(2,3)20-17-11-7-15(8-12-17)19-16-9-13-18(14-10-16)21-23(4,5)6/h7-14H,1-6H3/q-1. The number of halogens is 1. The molecule has 0 bridgehead atoms. The molecule has 2 aromatic carbocycles. The zero-order chi connectivity index (χ0) is 17.1. The molecule has 0 fully saturated rings. The van der Waals surface area contributed by atoms with Crippen molar-refractivity contribution in [3.63, 3.8) is 0 Å². The normalized spacial score (nSPS) is 12.3. The number of rotatable bonds is 6. The molecule has 0 aliphatic carbocycles. The first-order chi connectivity index (χ1) is 10.6. The zero-order valence-electron chi connectivity index (χ0n) is 14.8. The van der Waals surface area contributed by atoms with Crippen molar-refractivity contribution in [3.05, 3.63) is 55.7 Å². The predicted molar refractivity (Wildman–Crippen MR) is 98.2 cm³/mol. The molecule has 2 aromatic rings. The van der Waals surface area contributed by atoms with Gasteiger partial charge in [-0.25, -0.2) is 0 Å². The number of hydrogen-bond donors (Lipinski definition) is 0. The average molecular weight is 457 g/mol. The van der Waals surface area contributed by atoms with Crippen molar-refractivity contribution in [2.45, 2.75) is 39.3 Å². The van der Waals surface area contributed by atoms with Crippen molar-refractivity contribution < 1.29 is 30.1 Å². The van der Waals surface area contributed by atoms with Crippen LogP contribution in [0.25, 0.3) is 0 Å². The van der Waals surface area contributed by atoms with Gasteiger partial charge in [0.25, 0.3) is 0 Å². The molecule has 0 spiro atoms. The van der Waals surface area contributed by atoms with E-state index in [0.29, 0.717) is 0 Å². The molecular weight excluding hydrogens is 431 g/mol. The molecule has 0 amide bonds. The molecule has 0 heterocycles. The maximum absolute atomic E-state index is 6.01. The molecular formula is C18H26IO2Si2-. The number of hydrogen-bond acceptors (Lipinski definition) is 2. The Bertz CT molecular complexity index is 569. The van der Waals surface area contributed by atoms with E-state index in [1.807, 2.05) is 0 Å². The zero-order valence-corrected chi connectivity index (χ0v) is 19.0. The second-order valence-corrected chi connectivity index (χ2v) is 19.3. The summed E-state index contributed by atoms with van der Waals surface area (Å²) in [6, 6.07) is 17.2. The fraction of sp³-hybridized carbons (Fsp3) is 0.333. The first-order valence-electron chi connectivity index (χ1n) is 7.84. The van der Waals surface area contributed by atoms with E-state index in [9.17, 15) is 0 Å². The molecule has 2 nitrogen and oxygen atoms in total. The van der Waals surface area contributed by atoms with Gasteiger partial charge in [0.15, 0.2) is 0 Å². The Morgan fingerprint density at radius 2 is 0.870 bits per heavy atom. The van der Waals surface area contributed by atoms with Gasteiger partial charge in [-0.3, -0.25) is 0 Å². The molecule has 0 aliphatic heterocycles. The Balaban J connectivity index is 1.99. The van der Waals surface area contributed by atoms with E-state index in [0.717, 1.165) is 11.5 Å². The van der Waals surface area contributed by atoms with Crippen LogP contribution in [0.4, 0.5) is 0 Å². The first-order valence-corrected chi connectivity index (χ1v) is 16.8. The van der Waals surface area contributed by atoms with Crippen LogP contribution in [-0.4, -0.2) is 16.6 Å². The van der Waals surface area contributed by atoms with Crippen LogP contribution >= 0.6 is 0 Å². The van der Waals surface area contributed by atoms with E-state index in [1.165, 1.54) is 7.14 Å². The molecule has 126 valence electrons. The van der Waals surface area contributed by atoms with Crippen LogP contribution in [-0.2, 0) is 0 Å². The second kappa shape index (κ2) is 7.40. The molecule has 0 saturated carbocycles. The summed E-state index contributed by atoms with van der Waals surface area (Å²) in [6.07, 6.45) is 0. The molecule has 2 rings (SSSR count). The van der Waals surface area contributed by atoms with Crippen molar-refractivity contribution in [1.82, 2.24) is 0 Å². The van der Waals surface area contributed by atoms with E-state index < -0.39 is 16.6 Å². The van der Waals surface area contributed by atoms with E-state index >= 15 is 0 Å². The van der Waals surface area contributed by atoms with Crippen molar-refractivity contribution in [2.75, 3.05) is 0 Å². The third-order valence-corrected chi connectivity index (χ3v) is 7.07. The Labute approximate surface area is 152 Å². The maximum atomic E-state index is 6.01. The molecule has 0 radical (unpaired) electrons. The third kappa shape index (κ3) is 7.09. The van der Waals surface area contributed by atoms with E-state index in [-0.39, 0.29) is 21.2 Å². The Morgan fingerprint density at radius 1 is 0.565 bits per heavy atom. The Morgan fingerprint density at radius 3 is 1.13 bits per heavy atom. The van der Waals surface area contributed by atoms with E-state index in [1.54, 1.807) is 0 Å². The van der Waals surface area contributed by atoms with Gasteiger partial charge in [0, 0.05) is 0 Å². The molecule has 0 aromatic heterocycles. The number of benzene rings is 2. The third-order valence-electron chi connectivity index (χ3n) is 2.69. The van der Waals surface area contributed by atoms with Crippen LogP contribution in [0.1, 0.15) is 0 Å². The summed E-state index contributed by atoms with van der Waals surface area (Å²) in [4.78, 5) is 0. The average Bonchev–Trinajstić information content (AvgIpc) is 2.40. The second-order valence-electron chi connectivity index (χ2n) is 7.43. The van der Waals surface area contributed by atoms with Gasteiger partial charge in [-0.15, -0.1) is 0 Å². The molecule has 0 unspecified atom stereocenters. The Hall–Kier alpha value is -0.796. The predicted octanol–water partition coefficient (Wildman–Crippen LogP) is 2.24. The molecule has 0 N–H and O–H groups in total. The summed E-state index contributed by atoms with van der Waals surface area (Å²) in [6.45, 7) is 13.2. The van der Waals surface area contributed by atoms with Crippen LogP contribution in [0.3, 0.4) is 0 Å².